The second kappa shape index (κ2) is 11.5. The molecule has 0 saturated carbocycles. The van der Waals surface area contributed by atoms with Gasteiger partial charge in [0, 0.05) is 31.3 Å². The number of amides is 3. The first kappa shape index (κ1) is 27.6. The Morgan fingerprint density at radius 1 is 1.08 bits per heavy atom. The summed E-state index contributed by atoms with van der Waals surface area (Å²) >= 11 is 0. The third-order valence-electron chi connectivity index (χ3n) is 6.81. The zero-order valence-corrected chi connectivity index (χ0v) is 22.4. The van der Waals surface area contributed by atoms with Crippen LogP contribution in [0.1, 0.15) is 52.4 Å². The van der Waals surface area contributed by atoms with Crippen LogP contribution in [-0.2, 0) is 24.4 Å². The lowest BCUT2D eigenvalue weighted by molar-refractivity contribution is -0.133. The number of imidazole rings is 1. The number of carbonyl (C=O) groups is 3. The SMILES string of the molecule is CCCN1C(=O)c2c(C(=O)NCc3ccc(OC)cc3OC)ncn2C[C@@]1(C)C(=O)NCc1ccc(F)cc1. The molecule has 2 N–H and O–H groups in total. The highest BCUT2D eigenvalue weighted by atomic mass is 19.1. The van der Waals surface area contributed by atoms with Gasteiger partial charge < -0.3 is 29.6 Å². The van der Waals surface area contributed by atoms with Crippen LogP contribution >= 0.6 is 0 Å². The van der Waals surface area contributed by atoms with E-state index in [4.69, 9.17) is 9.47 Å². The minimum atomic E-state index is -1.22. The summed E-state index contributed by atoms with van der Waals surface area (Å²) in [7, 11) is 3.08. The summed E-state index contributed by atoms with van der Waals surface area (Å²) < 4.78 is 25.4. The number of rotatable bonds is 10. The molecule has 3 aromatic rings. The fourth-order valence-electron chi connectivity index (χ4n) is 4.66. The molecule has 10 nitrogen and oxygen atoms in total. The Bertz CT molecular complexity index is 1370. The maximum absolute atomic E-state index is 13.7. The van der Waals surface area contributed by atoms with Gasteiger partial charge >= 0.3 is 0 Å². The largest absolute Gasteiger partial charge is 0.497 e. The Labute approximate surface area is 226 Å². The maximum atomic E-state index is 13.7. The van der Waals surface area contributed by atoms with Crippen molar-refractivity contribution >= 4 is 17.7 Å². The van der Waals surface area contributed by atoms with Crippen LogP contribution < -0.4 is 20.1 Å². The number of fused-ring (bicyclic) bond motifs is 1. The molecular formula is C28H32FN5O5. The molecule has 0 bridgehead atoms. The zero-order chi connectivity index (χ0) is 28.2. The lowest BCUT2D eigenvalue weighted by atomic mass is 9.94. The van der Waals surface area contributed by atoms with Gasteiger partial charge in [-0.05, 0) is 43.2 Å². The second-order valence-corrected chi connectivity index (χ2v) is 9.47. The monoisotopic (exact) mass is 537 g/mol. The number of methoxy groups -OCH3 is 2. The molecule has 0 unspecified atom stereocenters. The first-order chi connectivity index (χ1) is 18.7. The highest BCUT2D eigenvalue weighted by Gasteiger charge is 2.48. The topological polar surface area (TPSA) is 115 Å². The number of aromatic nitrogens is 2. The number of hydrogen-bond donors (Lipinski definition) is 2. The first-order valence-electron chi connectivity index (χ1n) is 12.6. The number of nitrogens with zero attached hydrogens (tertiary/aromatic N) is 3. The molecule has 11 heteroatoms. The summed E-state index contributed by atoms with van der Waals surface area (Å²) in [5, 5.41) is 5.67. The number of carbonyl (C=O) groups excluding carboxylic acids is 3. The molecule has 0 saturated heterocycles. The molecule has 0 fully saturated rings. The molecule has 1 aliphatic rings. The molecule has 1 aliphatic heterocycles. The van der Waals surface area contributed by atoms with Crippen LogP contribution in [0.4, 0.5) is 4.39 Å². The molecule has 1 atom stereocenters. The van der Waals surface area contributed by atoms with E-state index in [1.807, 2.05) is 6.92 Å². The van der Waals surface area contributed by atoms with Crippen LogP contribution in [0.2, 0.25) is 0 Å². The molecule has 0 radical (unpaired) electrons. The van der Waals surface area contributed by atoms with Crippen LogP contribution in [-0.4, -0.2) is 58.5 Å². The normalized spacial score (nSPS) is 16.4. The van der Waals surface area contributed by atoms with Crippen molar-refractivity contribution < 1.29 is 28.2 Å². The summed E-state index contributed by atoms with van der Waals surface area (Å²) in [6, 6.07) is 11.1. The van der Waals surface area contributed by atoms with Crippen molar-refractivity contribution in [2.45, 2.75) is 45.4 Å². The van der Waals surface area contributed by atoms with Crippen molar-refractivity contribution in [3.63, 3.8) is 0 Å². The van der Waals surface area contributed by atoms with E-state index in [9.17, 15) is 18.8 Å². The minimum Gasteiger partial charge on any atom is -0.497 e. The number of hydrogen-bond acceptors (Lipinski definition) is 6. The fraction of sp³-hybridized carbons (Fsp3) is 0.357. The van der Waals surface area contributed by atoms with Gasteiger partial charge in [-0.3, -0.25) is 14.4 Å². The van der Waals surface area contributed by atoms with E-state index >= 15 is 0 Å². The van der Waals surface area contributed by atoms with Crippen LogP contribution in [0.3, 0.4) is 0 Å². The standard InChI is InChI=1S/C28H32FN5O5/c1-5-12-34-26(36)24-23(25(35)30-15-19-8-11-21(38-3)13-22(19)39-4)32-17-33(24)16-28(34,2)27(37)31-14-18-6-9-20(29)10-7-18/h6-11,13,17H,5,12,14-16H2,1-4H3,(H,30,35)(H,31,37)/t28-/m0/s1. The first-order valence-corrected chi connectivity index (χ1v) is 12.6. The molecular weight excluding hydrogens is 505 g/mol. The molecule has 2 aromatic carbocycles. The minimum absolute atomic E-state index is 0.0117. The quantitative estimate of drug-likeness (QED) is 0.411. The molecule has 206 valence electrons. The summed E-state index contributed by atoms with van der Waals surface area (Å²) in [5.41, 5.74) is 0.358. The fourth-order valence-corrected chi connectivity index (χ4v) is 4.66. The average Bonchev–Trinajstić information content (AvgIpc) is 3.37. The van der Waals surface area contributed by atoms with E-state index < -0.39 is 17.4 Å². The highest BCUT2D eigenvalue weighted by Crippen LogP contribution is 2.30. The van der Waals surface area contributed by atoms with Crippen molar-refractivity contribution in [1.29, 1.82) is 0 Å². The number of benzene rings is 2. The Balaban J connectivity index is 1.53. The van der Waals surface area contributed by atoms with Crippen LogP contribution in [0.15, 0.2) is 48.8 Å². The summed E-state index contributed by atoms with van der Waals surface area (Å²) in [5.74, 6) is -0.515. The predicted octanol–water partition coefficient (Wildman–Crippen LogP) is 2.91. The van der Waals surface area contributed by atoms with Crippen molar-refractivity contribution in [2.24, 2.45) is 0 Å². The van der Waals surface area contributed by atoms with Crippen LogP contribution in [0.25, 0.3) is 0 Å². The molecule has 0 aliphatic carbocycles. The molecule has 1 aromatic heterocycles. The van der Waals surface area contributed by atoms with Gasteiger partial charge in [0.25, 0.3) is 11.8 Å². The van der Waals surface area contributed by atoms with Gasteiger partial charge in [0.15, 0.2) is 5.69 Å². The summed E-state index contributed by atoms with van der Waals surface area (Å²) in [6.07, 6.45) is 2.02. The predicted molar refractivity (Wildman–Crippen MR) is 141 cm³/mol. The van der Waals surface area contributed by atoms with Crippen molar-refractivity contribution in [3.05, 3.63) is 77.1 Å². The second-order valence-electron chi connectivity index (χ2n) is 9.47. The highest BCUT2D eigenvalue weighted by molar-refractivity contribution is 6.07. The van der Waals surface area contributed by atoms with Gasteiger partial charge in [-0.2, -0.15) is 0 Å². The Morgan fingerprint density at radius 2 is 1.82 bits per heavy atom. The van der Waals surface area contributed by atoms with Gasteiger partial charge in [-0.1, -0.05) is 19.1 Å². The molecule has 2 heterocycles. The molecule has 0 spiro atoms. The van der Waals surface area contributed by atoms with E-state index in [2.05, 4.69) is 15.6 Å². The van der Waals surface area contributed by atoms with Gasteiger partial charge in [-0.15, -0.1) is 0 Å². The Hall–Kier alpha value is -4.41. The molecule has 3 amide bonds. The lowest BCUT2D eigenvalue weighted by Crippen LogP contribution is -2.64. The Morgan fingerprint density at radius 3 is 2.49 bits per heavy atom. The van der Waals surface area contributed by atoms with Gasteiger partial charge in [-0.25, -0.2) is 9.37 Å². The zero-order valence-electron chi connectivity index (χ0n) is 22.4. The Kier molecular flexibility index (Phi) is 8.18. The van der Waals surface area contributed by atoms with Crippen LogP contribution in [0, 0.1) is 5.82 Å². The number of ether oxygens (including phenoxy) is 2. The third kappa shape index (κ3) is 5.57. The van der Waals surface area contributed by atoms with E-state index in [0.29, 0.717) is 24.5 Å². The average molecular weight is 538 g/mol. The van der Waals surface area contributed by atoms with Gasteiger partial charge in [0.05, 0.1) is 27.1 Å². The summed E-state index contributed by atoms with van der Waals surface area (Å²) in [6.45, 7) is 4.37. The van der Waals surface area contributed by atoms with E-state index in [1.54, 1.807) is 48.9 Å². The molecule has 4 rings (SSSR count). The smallest absolute Gasteiger partial charge is 0.273 e. The number of halogens is 1. The van der Waals surface area contributed by atoms with E-state index in [0.717, 1.165) is 11.1 Å². The third-order valence-corrected chi connectivity index (χ3v) is 6.81. The summed E-state index contributed by atoms with van der Waals surface area (Å²) in [4.78, 5) is 46.0. The van der Waals surface area contributed by atoms with E-state index in [1.165, 1.54) is 30.5 Å². The maximum Gasteiger partial charge on any atom is 0.273 e. The molecule has 39 heavy (non-hydrogen) atoms. The van der Waals surface area contributed by atoms with Crippen LogP contribution in [0.5, 0.6) is 11.5 Å². The van der Waals surface area contributed by atoms with Gasteiger partial charge in [0.1, 0.15) is 28.5 Å². The van der Waals surface area contributed by atoms with Crippen molar-refractivity contribution in [1.82, 2.24) is 25.1 Å². The van der Waals surface area contributed by atoms with Crippen molar-refractivity contribution in [3.8, 4) is 11.5 Å². The van der Waals surface area contributed by atoms with Crippen molar-refractivity contribution in [2.75, 3.05) is 20.8 Å². The van der Waals surface area contributed by atoms with E-state index in [-0.39, 0.29) is 42.7 Å². The van der Waals surface area contributed by atoms with Gasteiger partial charge in [0.2, 0.25) is 5.91 Å². The number of nitrogens with one attached hydrogen (secondary N) is 2. The lowest BCUT2D eigenvalue weighted by Gasteiger charge is -2.43.